The zero-order chi connectivity index (χ0) is 10.7. The van der Waals surface area contributed by atoms with Crippen LogP contribution < -0.4 is 0 Å². The molecule has 0 aliphatic heterocycles. The molecule has 0 aromatic carbocycles. The number of carboxylic acid groups (broad SMARTS) is 1. The van der Waals surface area contributed by atoms with Crippen LogP contribution in [0.1, 0.15) is 48.9 Å². The highest BCUT2D eigenvalue weighted by Crippen LogP contribution is 2.15. The Morgan fingerprint density at radius 1 is 1.64 bits per heavy atom. The average Bonchev–Trinajstić information content (AvgIpc) is 2.47. The molecule has 0 bridgehead atoms. The van der Waals surface area contributed by atoms with Crippen molar-refractivity contribution < 1.29 is 9.90 Å². The Labute approximate surface area is 82.7 Å². The van der Waals surface area contributed by atoms with Gasteiger partial charge < -0.3 is 5.11 Å². The first-order valence-electron chi connectivity index (χ1n) is 4.73. The Balaban J connectivity index is 2.94. The first-order chi connectivity index (χ1) is 6.57. The van der Waals surface area contributed by atoms with Gasteiger partial charge in [0.1, 0.15) is 0 Å². The molecule has 1 unspecified atom stereocenters. The van der Waals surface area contributed by atoms with Crippen molar-refractivity contribution in [3.63, 3.8) is 0 Å². The summed E-state index contributed by atoms with van der Waals surface area (Å²) >= 11 is 0. The van der Waals surface area contributed by atoms with Crippen molar-refractivity contribution >= 4 is 5.97 Å². The Kier molecular flexibility index (Phi) is 3.22. The van der Waals surface area contributed by atoms with Gasteiger partial charge in [0, 0.05) is 0 Å². The first-order valence-corrected chi connectivity index (χ1v) is 4.73. The molecule has 1 heterocycles. The number of hydrogen-bond donors (Lipinski definition) is 1. The highest BCUT2D eigenvalue weighted by molar-refractivity contribution is 5.86. The molecule has 0 radical (unpaired) electrons. The maximum absolute atomic E-state index is 10.7. The van der Waals surface area contributed by atoms with Gasteiger partial charge in [0.2, 0.25) is 0 Å². The third-order valence-corrected chi connectivity index (χ3v) is 2.25. The summed E-state index contributed by atoms with van der Waals surface area (Å²) in [4.78, 5) is 10.7. The molecule has 0 amide bonds. The molecule has 5 heteroatoms. The van der Waals surface area contributed by atoms with Gasteiger partial charge in [-0.25, -0.2) is 9.48 Å². The average molecular weight is 197 g/mol. The Bertz CT molecular complexity index is 333. The molecule has 1 aromatic heterocycles. The van der Waals surface area contributed by atoms with E-state index in [4.69, 9.17) is 5.11 Å². The number of carboxylic acids is 1. The summed E-state index contributed by atoms with van der Waals surface area (Å²) in [5.41, 5.74) is 0.673. The molecule has 0 saturated carbocycles. The molecule has 1 rings (SSSR count). The van der Waals surface area contributed by atoms with Crippen LogP contribution >= 0.6 is 0 Å². The molecule has 5 nitrogen and oxygen atoms in total. The minimum atomic E-state index is -1.02. The van der Waals surface area contributed by atoms with E-state index in [1.165, 1.54) is 0 Å². The van der Waals surface area contributed by atoms with Gasteiger partial charge in [-0.3, -0.25) is 0 Å². The third kappa shape index (κ3) is 1.92. The van der Waals surface area contributed by atoms with Gasteiger partial charge in [0.25, 0.3) is 0 Å². The summed E-state index contributed by atoms with van der Waals surface area (Å²) in [5, 5.41) is 16.2. The lowest BCUT2D eigenvalue weighted by atomic mass is 10.2. The van der Waals surface area contributed by atoms with Crippen LogP contribution in [-0.2, 0) is 0 Å². The van der Waals surface area contributed by atoms with Crippen LogP contribution in [0.15, 0.2) is 0 Å². The number of aromatic carboxylic acids is 1. The molecule has 0 saturated heterocycles. The summed E-state index contributed by atoms with van der Waals surface area (Å²) in [6, 6.07) is 0.209. The lowest BCUT2D eigenvalue weighted by Gasteiger charge is -2.11. The van der Waals surface area contributed by atoms with Crippen molar-refractivity contribution in [1.29, 1.82) is 0 Å². The fourth-order valence-electron chi connectivity index (χ4n) is 1.50. The number of carbonyl (C=O) groups is 1. The smallest absolute Gasteiger partial charge is 0.358 e. The molecule has 14 heavy (non-hydrogen) atoms. The summed E-state index contributed by atoms with van der Waals surface area (Å²) in [6.07, 6.45) is 2.02. The van der Waals surface area contributed by atoms with Gasteiger partial charge in [-0.05, 0) is 20.3 Å². The van der Waals surface area contributed by atoms with E-state index in [9.17, 15) is 4.79 Å². The van der Waals surface area contributed by atoms with E-state index in [0.717, 1.165) is 12.8 Å². The second-order valence-corrected chi connectivity index (χ2v) is 3.41. The minimum absolute atomic E-state index is 0.0490. The zero-order valence-corrected chi connectivity index (χ0v) is 8.69. The van der Waals surface area contributed by atoms with Crippen molar-refractivity contribution in [2.45, 2.75) is 39.7 Å². The minimum Gasteiger partial charge on any atom is -0.476 e. The van der Waals surface area contributed by atoms with Crippen molar-refractivity contribution in [3.8, 4) is 0 Å². The van der Waals surface area contributed by atoms with Gasteiger partial charge in [-0.15, -0.1) is 5.10 Å². The summed E-state index contributed by atoms with van der Waals surface area (Å²) < 4.78 is 1.67. The molecule has 1 aromatic rings. The number of rotatable bonds is 4. The quantitative estimate of drug-likeness (QED) is 0.796. The third-order valence-electron chi connectivity index (χ3n) is 2.25. The second-order valence-electron chi connectivity index (χ2n) is 3.41. The number of hydrogen-bond acceptors (Lipinski definition) is 3. The van der Waals surface area contributed by atoms with Crippen LogP contribution in [0.3, 0.4) is 0 Å². The maximum Gasteiger partial charge on any atom is 0.358 e. The fraction of sp³-hybridized carbons (Fsp3) is 0.667. The molecule has 1 N–H and O–H groups in total. The van der Waals surface area contributed by atoms with Gasteiger partial charge in [-0.2, -0.15) is 0 Å². The van der Waals surface area contributed by atoms with Crippen molar-refractivity contribution in [3.05, 3.63) is 11.4 Å². The van der Waals surface area contributed by atoms with Gasteiger partial charge >= 0.3 is 5.97 Å². The molecule has 1 atom stereocenters. The molecule has 78 valence electrons. The maximum atomic E-state index is 10.7. The van der Waals surface area contributed by atoms with Crippen molar-refractivity contribution in [1.82, 2.24) is 15.0 Å². The van der Waals surface area contributed by atoms with Crippen LogP contribution in [0.25, 0.3) is 0 Å². The second kappa shape index (κ2) is 4.21. The van der Waals surface area contributed by atoms with Gasteiger partial charge in [-0.1, -0.05) is 18.6 Å². The molecule has 0 fully saturated rings. The van der Waals surface area contributed by atoms with Gasteiger partial charge in [0.05, 0.1) is 11.7 Å². The van der Waals surface area contributed by atoms with Crippen LogP contribution in [0.4, 0.5) is 0 Å². The molecule has 0 spiro atoms. The highest BCUT2D eigenvalue weighted by atomic mass is 16.4. The lowest BCUT2D eigenvalue weighted by Crippen LogP contribution is -2.09. The van der Waals surface area contributed by atoms with Gasteiger partial charge in [0.15, 0.2) is 5.69 Å². The molecule has 0 aliphatic carbocycles. The zero-order valence-electron chi connectivity index (χ0n) is 8.69. The normalized spacial score (nSPS) is 12.8. The topological polar surface area (TPSA) is 68.0 Å². The molecule has 0 aliphatic rings. The summed E-state index contributed by atoms with van der Waals surface area (Å²) in [6.45, 7) is 5.83. The van der Waals surface area contributed by atoms with E-state index in [-0.39, 0.29) is 11.7 Å². The first kappa shape index (κ1) is 10.7. The van der Waals surface area contributed by atoms with Crippen LogP contribution in [0, 0.1) is 6.92 Å². The van der Waals surface area contributed by atoms with E-state index >= 15 is 0 Å². The SMILES string of the molecule is CCCC(C)n1nnc(C(=O)O)c1C. The van der Waals surface area contributed by atoms with Crippen LogP contribution in [0.5, 0.6) is 0 Å². The largest absolute Gasteiger partial charge is 0.476 e. The van der Waals surface area contributed by atoms with Crippen molar-refractivity contribution in [2.75, 3.05) is 0 Å². The van der Waals surface area contributed by atoms with E-state index < -0.39 is 5.97 Å². The number of nitrogens with zero attached hydrogens (tertiary/aromatic N) is 3. The summed E-state index contributed by atoms with van der Waals surface area (Å²) in [5.74, 6) is -1.02. The predicted molar refractivity (Wildman–Crippen MR) is 51.3 cm³/mol. The Hall–Kier alpha value is -1.39. The lowest BCUT2D eigenvalue weighted by molar-refractivity contribution is 0.0689. The molecular weight excluding hydrogens is 182 g/mol. The van der Waals surface area contributed by atoms with Crippen molar-refractivity contribution in [2.24, 2.45) is 0 Å². The van der Waals surface area contributed by atoms with E-state index in [1.54, 1.807) is 11.6 Å². The highest BCUT2D eigenvalue weighted by Gasteiger charge is 2.17. The van der Waals surface area contributed by atoms with E-state index in [0.29, 0.717) is 5.69 Å². The monoisotopic (exact) mass is 197 g/mol. The Morgan fingerprint density at radius 3 is 2.71 bits per heavy atom. The Morgan fingerprint density at radius 2 is 2.29 bits per heavy atom. The predicted octanol–water partition coefficient (Wildman–Crippen LogP) is 1.65. The number of aromatic nitrogens is 3. The van der Waals surface area contributed by atoms with Crippen LogP contribution in [-0.4, -0.2) is 26.1 Å². The molecular formula is C9H15N3O2. The van der Waals surface area contributed by atoms with Crippen LogP contribution in [0.2, 0.25) is 0 Å². The standard InChI is InChI=1S/C9H15N3O2/c1-4-5-6(2)12-7(3)8(9(13)14)10-11-12/h6H,4-5H2,1-3H3,(H,13,14). The van der Waals surface area contributed by atoms with E-state index in [2.05, 4.69) is 17.2 Å². The fourth-order valence-corrected chi connectivity index (χ4v) is 1.50. The van der Waals surface area contributed by atoms with E-state index in [1.807, 2.05) is 6.92 Å². The summed E-state index contributed by atoms with van der Waals surface area (Å²) in [7, 11) is 0.